The number of likely N-dealkylation sites (tertiary alicyclic amines) is 1. The molecule has 1 aliphatic heterocycles. The monoisotopic (exact) mass is 471 g/mol. The molecule has 0 amide bonds. The normalized spacial score (nSPS) is 17.6. The highest BCUT2D eigenvalue weighted by Crippen LogP contribution is 2.38. The molecule has 1 saturated heterocycles. The summed E-state index contributed by atoms with van der Waals surface area (Å²) in [5, 5.41) is 22.0. The second-order valence-corrected chi connectivity index (χ2v) is 11.1. The summed E-state index contributed by atoms with van der Waals surface area (Å²) in [4.78, 5) is 2.31. The predicted octanol–water partition coefficient (Wildman–Crippen LogP) is 7.32. The summed E-state index contributed by atoms with van der Waals surface area (Å²) in [6.45, 7) is 8.57. The van der Waals surface area contributed by atoms with Gasteiger partial charge in [0.05, 0.1) is 0 Å². The first-order valence-electron chi connectivity index (χ1n) is 13.2. The Morgan fingerprint density at radius 3 is 1.91 bits per heavy atom. The lowest BCUT2D eigenvalue weighted by atomic mass is 9.83. The van der Waals surface area contributed by atoms with Crippen molar-refractivity contribution in [3.63, 3.8) is 0 Å². The summed E-state index contributed by atoms with van der Waals surface area (Å²) in [6.07, 6.45) is 6.06. The molecule has 0 aliphatic carbocycles. The van der Waals surface area contributed by atoms with Gasteiger partial charge in [-0.2, -0.15) is 0 Å². The smallest absolute Gasteiger partial charge is 0.144 e. The van der Waals surface area contributed by atoms with Crippen LogP contribution < -0.4 is 0 Å². The molecule has 3 heteroatoms. The molecule has 4 rings (SSSR count). The van der Waals surface area contributed by atoms with E-state index >= 15 is 0 Å². The van der Waals surface area contributed by atoms with E-state index < -0.39 is 5.72 Å². The molecule has 3 aromatic rings. The molecular weight excluding hydrogens is 430 g/mol. The van der Waals surface area contributed by atoms with E-state index in [1.54, 1.807) is 12.1 Å². The summed E-state index contributed by atoms with van der Waals surface area (Å²) in [5.41, 5.74) is 3.91. The van der Waals surface area contributed by atoms with Crippen LogP contribution in [-0.4, -0.2) is 28.2 Å². The first-order valence-corrected chi connectivity index (χ1v) is 13.2. The second kappa shape index (κ2) is 11.0. The third kappa shape index (κ3) is 6.15. The van der Waals surface area contributed by atoms with Gasteiger partial charge in [0, 0.05) is 19.0 Å². The number of rotatable bonds is 8. The predicted molar refractivity (Wildman–Crippen MR) is 145 cm³/mol. The van der Waals surface area contributed by atoms with Crippen molar-refractivity contribution >= 4 is 0 Å². The fraction of sp³-hybridized carbons (Fsp3) is 0.438. The lowest BCUT2D eigenvalue weighted by Crippen LogP contribution is -2.48. The van der Waals surface area contributed by atoms with Crippen LogP contribution in [0.15, 0.2) is 78.9 Å². The van der Waals surface area contributed by atoms with E-state index in [0.717, 1.165) is 44.3 Å². The van der Waals surface area contributed by atoms with Gasteiger partial charge in [0.1, 0.15) is 11.5 Å². The van der Waals surface area contributed by atoms with Crippen molar-refractivity contribution < 1.29 is 10.2 Å². The van der Waals surface area contributed by atoms with Crippen LogP contribution in [0.5, 0.6) is 5.75 Å². The highest BCUT2D eigenvalue weighted by Gasteiger charge is 2.37. The Labute approximate surface area is 211 Å². The van der Waals surface area contributed by atoms with Gasteiger partial charge in [-0.25, -0.2) is 0 Å². The van der Waals surface area contributed by atoms with Gasteiger partial charge in [-0.1, -0.05) is 93.9 Å². The molecule has 0 saturated carbocycles. The number of phenolic OH excluding ortho intramolecular Hbond substituents is 1. The number of aliphatic hydroxyl groups is 1. The zero-order valence-electron chi connectivity index (χ0n) is 21.6. The summed E-state index contributed by atoms with van der Waals surface area (Å²) in [7, 11) is 0. The van der Waals surface area contributed by atoms with E-state index in [4.69, 9.17) is 0 Å². The lowest BCUT2D eigenvalue weighted by Gasteiger charge is -2.43. The molecule has 3 nitrogen and oxygen atoms in total. The van der Waals surface area contributed by atoms with E-state index in [1.807, 2.05) is 18.2 Å². The van der Waals surface area contributed by atoms with Gasteiger partial charge in [0.25, 0.3) is 0 Å². The van der Waals surface area contributed by atoms with Crippen LogP contribution in [0.2, 0.25) is 0 Å². The van der Waals surface area contributed by atoms with Gasteiger partial charge in [0.2, 0.25) is 0 Å². The zero-order chi connectivity index (χ0) is 24.9. The Hall–Kier alpha value is -2.62. The van der Waals surface area contributed by atoms with Gasteiger partial charge in [0.15, 0.2) is 0 Å². The Kier molecular flexibility index (Phi) is 7.98. The zero-order valence-corrected chi connectivity index (χ0v) is 21.6. The number of hydrogen-bond acceptors (Lipinski definition) is 3. The standard InChI is InChI=1S/C32H41NO2/c1-31(2,3)27-16-18-28(19-17-27)32(35,33-23-8-5-9-24-33)22-10-13-30(25-11-6-4-7-12-25)26-14-20-29(34)21-15-26/h4,6-7,11-12,14-21,30,34-35H,5,8-10,13,22-24H2,1-3H3. The van der Waals surface area contributed by atoms with Crippen molar-refractivity contribution in [3.05, 3.63) is 101 Å². The maximum atomic E-state index is 12.2. The first kappa shape index (κ1) is 25.5. The van der Waals surface area contributed by atoms with Crippen LogP contribution in [0.1, 0.15) is 87.5 Å². The molecule has 1 fully saturated rings. The SMILES string of the molecule is CC(C)(C)c1ccc(C(O)(CCCC(c2ccccc2)c2ccc(O)cc2)N2CCCCC2)cc1. The van der Waals surface area contributed by atoms with E-state index in [2.05, 4.69) is 74.2 Å². The largest absolute Gasteiger partial charge is 0.508 e. The molecule has 2 unspecified atom stereocenters. The van der Waals surface area contributed by atoms with Gasteiger partial charge in [-0.3, -0.25) is 4.90 Å². The quantitative estimate of drug-likeness (QED) is 0.362. The molecule has 0 aromatic heterocycles. The minimum absolute atomic E-state index is 0.0921. The molecule has 186 valence electrons. The minimum Gasteiger partial charge on any atom is -0.508 e. The van der Waals surface area contributed by atoms with Gasteiger partial charge in [-0.05, 0) is 71.9 Å². The van der Waals surface area contributed by atoms with Crippen LogP contribution in [0.4, 0.5) is 0 Å². The van der Waals surface area contributed by atoms with Crippen LogP contribution >= 0.6 is 0 Å². The summed E-state index contributed by atoms with van der Waals surface area (Å²) >= 11 is 0. The number of nitrogens with zero attached hydrogens (tertiary/aromatic N) is 1. The fourth-order valence-corrected chi connectivity index (χ4v) is 5.46. The average molecular weight is 472 g/mol. The number of piperidine rings is 1. The molecule has 0 spiro atoms. The Morgan fingerprint density at radius 2 is 1.31 bits per heavy atom. The van der Waals surface area contributed by atoms with Crippen LogP contribution in [0.3, 0.4) is 0 Å². The topological polar surface area (TPSA) is 43.7 Å². The molecular formula is C32H41NO2. The number of hydrogen-bond donors (Lipinski definition) is 2. The fourth-order valence-electron chi connectivity index (χ4n) is 5.46. The van der Waals surface area contributed by atoms with Crippen molar-refractivity contribution in [3.8, 4) is 5.75 Å². The van der Waals surface area contributed by atoms with Crippen molar-refractivity contribution in [2.24, 2.45) is 0 Å². The molecule has 35 heavy (non-hydrogen) atoms. The average Bonchev–Trinajstić information content (AvgIpc) is 2.88. The molecule has 3 aromatic carbocycles. The molecule has 1 heterocycles. The minimum atomic E-state index is -0.951. The third-order valence-corrected chi connectivity index (χ3v) is 7.61. The van der Waals surface area contributed by atoms with E-state index in [9.17, 15) is 10.2 Å². The molecule has 0 bridgehead atoms. The summed E-state index contributed by atoms with van der Waals surface area (Å²) in [5.74, 6) is 0.518. The van der Waals surface area contributed by atoms with Gasteiger partial charge < -0.3 is 10.2 Å². The van der Waals surface area contributed by atoms with E-state index in [1.165, 1.54) is 23.1 Å². The highest BCUT2D eigenvalue weighted by molar-refractivity contribution is 5.36. The Balaban J connectivity index is 1.57. The van der Waals surface area contributed by atoms with E-state index in [0.29, 0.717) is 12.2 Å². The summed E-state index contributed by atoms with van der Waals surface area (Å²) in [6, 6.07) is 26.8. The van der Waals surface area contributed by atoms with Crippen molar-refractivity contribution in [1.29, 1.82) is 0 Å². The van der Waals surface area contributed by atoms with Gasteiger partial charge in [-0.15, -0.1) is 0 Å². The maximum absolute atomic E-state index is 12.2. The maximum Gasteiger partial charge on any atom is 0.144 e. The van der Waals surface area contributed by atoms with E-state index in [-0.39, 0.29) is 11.3 Å². The lowest BCUT2D eigenvalue weighted by molar-refractivity contribution is -0.131. The molecule has 1 aliphatic rings. The van der Waals surface area contributed by atoms with Crippen LogP contribution in [0.25, 0.3) is 0 Å². The molecule has 2 atom stereocenters. The number of benzene rings is 3. The Bertz CT molecular complexity index is 1050. The number of aromatic hydroxyl groups is 1. The van der Waals surface area contributed by atoms with Crippen molar-refractivity contribution in [1.82, 2.24) is 4.90 Å². The van der Waals surface area contributed by atoms with Crippen molar-refractivity contribution in [2.75, 3.05) is 13.1 Å². The molecule has 0 radical (unpaired) electrons. The Morgan fingerprint density at radius 1 is 0.743 bits per heavy atom. The summed E-state index contributed by atoms with van der Waals surface area (Å²) < 4.78 is 0. The second-order valence-electron chi connectivity index (χ2n) is 11.1. The number of phenols is 1. The molecule has 2 N–H and O–H groups in total. The van der Waals surface area contributed by atoms with Crippen molar-refractivity contribution in [2.45, 2.75) is 76.4 Å². The van der Waals surface area contributed by atoms with Gasteiger partial charge >= 0.3 is 0 Å². The highest BCUT2D eigenvalue weighted by atomic mass is 16.3. The van der Waals surface area contributed by atoms with Crippen LogP contribution in [0, 0.1) is 0 Å². The third-order valence-electron chi connectivity index (χ3n) is 7.61. The van der Waals surface area contributed by atoms with Crippen LogP contribution in [-0.2, 0) is 11.1 Å². The first-order chi connectivity index (χ1) is 16.8.